The molecular weight excluding hydrogens is 438 g/mol. The van der Waals surface area contributed by atoms with Crippen molar-refractivity contribution in [2.24, 2.45) is 0 Å². The first kappa shape index (κ1) is 20.4. The van der Waals surface area contributed by atoms with Gasteiger partial charge in [-0.3, -0.25) is 14.4 Å². The van der Waals surface area contributed by atoms with Crippen molar-refractivity contribution < 1.29 is 9.53 Å². The van der Waals surface area contributed by atoms with Crippen LogP contribution in [0.25, 0.3) is 22.3 Å². The van der Waals surface area contributed by atoms with Crippen LogP contribution in [0.5, 0.6) is 5.75 Å². The summed E-state index contributed by atoms with van der Waals surface area (Å²) in [6.07, 6.45) is 9.45. The van der Waals surface area contributed by atoms with Gasteiger partial charge in [0.2, 0.25) is 0 Å². The van der Waals surface area contributed by atoms with E-state index in [9.17, 15) is 4.79 Å². The lowest BCUT2D eigenvalue weighted by Crippen LogP contribution is -2.56. The number of hydrogen-bond donors (Lipinski definition) is 1. The lowest BCUT2D eigenvalue weighted by molar-refractivity contribution is 0.0197. The smallest absolute Gasteiger partial charge is 0.258 e. The molecule has 0 saturated carbocycles. The molecule has 0 aromatic carbocycles. The van der Waals surface area contributed by atoms with Gasteiger partial charge in [-0.05, 0) is 18.9 Å². The number of nitrogens with zero attached hydrogens (tertiary/aromatic N) is 6. The van der Waals surface area contributed by atoms with Crippen molar-refractivity contribution in [2.75, 3.05) is 33.3 Å². The minimum atomic E-state index is 0.0818. The minimum Gasteiger partial charge on any atom is -0.495 e. The largest absolute Gasteiger partial charge is 0.495 e. The van der Waals surface area contributed by atoms with Gasteiger partial charge >= 0.3 is 0 Å². The number of rotatable bonds is 5. The summed E-state index contributed by atoms with van der Waals surface area (Å²) < 4.78 is 7.39. The van der Waals surface area contributed by atoms with Crippen molar-refractivity contribution in [3.63, 3.8) is 0 Å². The number of ether oxygens (including phenoxy) is 1. The van der Waals surface area contributed by atoms with E-state index in [0.29, 0.717) is 23.4 Å². The number of carbonyl (C=O) groups excluding carboxylic acids is 1. The predicted octanol–water partition coefficient (Wildman–Crippen LogP) is 3.05. The Kier molecular flexibility index (Phi) is 5.11. The van der Waals surface area contributed by atoms with E-state index in [4.69, 9.17) is 4.74 Å². The molecule has 4 aromatic heterocycles. The maximum Gasteiger partial charge on any atom is 0.258 e. The number of carbonyl (C=O) groups is 1. The van der Waals surface area contributed by atoms with Crippen LogP contribution < -0.4 is 4.74 Å². The summed E-state index contributed by atoms with van der Waals surface area (Å²) in [5.74, 6) is 0.758. The Morgan fingerprint density at radius 2 is 2.03 bits per heavy atom. The van der Waals surface area contributed by atoms with E-state index in [2.05, 4.69) is 35.8 Å². The molecule has 2 aliphatic heterocycles. The first-order valence-corrected chi connectivity index (χ1v) is 12.1. The molecule has 4 aromatic rings. The highest BCUT2D eigenvalue weighted by Gasteiger charge is 2.36. The zero-order valence-electron chi connectivity index (χ0n) is 18.3. The number of fused-ring (bicyclic) bond motifs is 1. The molecule has 2 fully saturated rings. The number of aromatic amines is 1. The van der Waals surface area contributed by atoms with Crippen molar-refractivity contribution >= 4 is 28.3 Å². The fourth-order valence-corrected chi connectivity index (χ4v) is 5.69. The molecule has 1 N–H and O–H groups in total. The van der Waals surface area contributed by atoms with Crippen LogP contribution >= 0.6 is 11.3 Å². The van der Waals surface area contributed by atoms with E-state index in [1.165, 1.54) is 11.3 Å². The number of thiophene rings is 1. The van der Waals surface area contributed by atoms with E-state index in [1.54, 1.807) is 13.4 Å². The zero-order valence-corrected chi connectivity index (χ0v) is 19.2. The Morgan fingerprint density at radius 3 is 2.85 bits per heavy atom. The molecule has 0 unspecified atom stereocenters. The number of amides is 1. The normalized spacial score (nSPS) is 18.0. The Balaban J connectivity index is 1.05. The molecule has 0 radical (unpaired) electrons. The third kappa shape index (κ3) is 3.59. The van der Waals surface area contributed by atoms with E-state index >= 15 is 0 Å². The number of aromatic nitrogens is 5. The summed E-state index contributed by atoms with van der Waals surface area (Å²) >= 11 is 1.50. The van der Waals surface area contributed by atoms with Gasteiger partial charge in [0.15, 0.2) is 0 Å². The van der Waals surface area contributed by atoms with Gasteiger partial charge in [-0.2, -0.15) is 5.10 Å². The van der Waals surface area contributed by atoms with Crippen molar-refractivity contribution in [2.45, 2.75) is 24.9 Å². The molecule has 33 heavy (non-hydrogen) atoms. The number of H-pyrrole nitrogens is 1. The second kappa shape index (κ2) is 8.27. The average molecular weight is 464 g/mol. The summed E-state index contributed by atoms with van der Waals surface area (Å²) in [6.45, 7) is 3.55. The van der Waals surface area contributed by atoms with Crippen LogP contribution in [0.1, 0.15) is 29.2 Å². The fourth-order valence-electron chi connectivity index (χ4n) is 4.92. The van der Waals surface area contributed by atoms with Crippen LogP contribution in [-0.2, 0) is 0 Å². The van der Waals surface area contributed by atoms with Crippen LogP contribution in [0.4, 0.5) is 0 Å². The monoisotopic (exact) mass is 463 g/mol. The van der Waals surface area contributed by atoms with Gasteiger partial charge in [-0.1, -0.05) is 0 Å². The average Bonchev–Trinajstić information content (AvgIpc) is 3.58. The molecule has 0 spiro atoms. The van der Waals surface area contributed by atoms with Gasteiger partial charge in [0.05, 0.1) is 30.6 Å². The van der Waals surface area contributed by atoms with Gasteiger partial charge in [0, 0.05) is 66.3 Å². The third-order valence-corrected chi connectivity index (χ3v) is 7.56. The molecule has 0 bridgehead atoms. The molecule has 2 aliphatic rings. The summed E-state index contributed by atoms with van der Waals surface area (Å²) in [7, 11) is 1.61. The first-order chi connectivity index (χ1) is 16.2. The van der Waals surface area contributed by atoms with Gasteiger partial charge < -0.3 is 14.6 Å². The van der Waals surface area contributed by atoms with Gasteiger partial charge in [-0.15, -0.1) is 11.3 Å². The van der Waals surface area contributed by atoms with Crippen molar-refractivity contribution in [1.82, 2.24) is 34.5 Å². The number of likely N-dealkylation sites (tertiary alicyclic amines) is 2. The summed E-state index contributed by atoms with van der Waals surface area (Å²) in [4.78, 5) is 29.2. The highest BCUT2D eigenvalue weighted by atomic mass is 32.1. The fraction of sp³-hybridized carbons (Fsp3) is 0.391. The number of hydrogen-bond acceptors (Lipinski definition) is 7. The Labute approximate surface area is 195 Å². The van der Waals surface area contributed by atoms with Crippen molar-refractivity contribution in [3.8, 4) is 17.0 Å². The SMILES string of the molecule is COc1cscc1C(=O)N1CCC(N2CC(n3cc(-c4ncnc5[nH]ccc45)cn3)C2)CC1. The van der Waals surface area contributed by atoms with E-state index in [0.717, 1.165) is 61.3 Å². The van der Waals surface area contributed by atoms with Crippen LogP contribution in [0.3, 0.4) is 0 Å². The lowest BCUT2D eigenvalue weighted by Gasteiger charge is -2.47. The van der Waals surface area contributed by atoms with Crippen LogP contribution in [-0.4, -0.2) is 79.8 Å². The maximum atomic E-state index is 12.8. The molecule has 1 amide bonds. The Bertz CT molecular complexity index is 1280. The van der Waals surface area contributed by atoms with E-state index in [1.807, 2.05) is 34.1 Å². The molecular formula is C23H25N7O2S. The minimum absolute atomic E-state index is 0.0818. The van der Waals surface area contributed by atoms with Gasteiger partial charge in [-0.25, -0.2) is 9.97 Å². The Hall–Kier alpha value is -3.24. The maximum absolute atomic E-state index is 12.8. The lowest BCUT2D eigenvalue weighted by atomic mass is 9.97. The predicted molar refractivity (Wildman–Crippen MR) is 126 cm³/mol. The van der Waals surface area contributed by atoms with Crippen LogP contribution in [0, 0.1) is 0 Å². The summed E-state index contributed by atoms with van der Waals surface area (Å²) in [6, 6.07) is 2.89. The first-order valence-electron chi connectivity index (χ1n) is 11.2. The molecule has 0 atom stereocenters. The second-order valence-corrected chi connectivity index (χ2v) is 9.40. The quantitative estimate of drug-likeness (QED) is 0.489. The van der Waals surface area contributed by atoms with Crippen molar-refractivity contribution in [1.29, 1.82) is 0 Å². The number of methoxy groups -OCH3 is 1. The van der Waals surface area contributed by atoms with Crippen LogP contribution in [0.15, 0.2) is 41.7 Å². The van der Waals surface area contributed by atoms with Gasteiger partial charge in [0.1, 0.15) is 17.7 Å². The molecule has 9 nitrogen and oxygen atoms in total. The third-order valence-electron chi connectivity index (χ3n) is 6.84. The van der Waals surface area contributed by atoms with Crippen LogP contribution in [0.2, 0.25) is 0 Å². The van der Waals surface area contributed by atoms with E-state index in [-0.39, 0.29) is 5.91 Å². The number of piperidine rings is 1. The number of nitrogens with one attached hydrogen (secondary N) is 1. The molecule has 170 valence electrons. The highest BCUT2D eigenvalue weighted by Crippen LogP contribution is 2.31. The summed E-state index contributed by atoms with van der Waals surface area (Å²) in [5.41, 5.74) is 3.43. The molecule has 0 aliphatic carbocycles. The second-order valence-electron chi connectivity index (χ2n) is 8.66. The zero-order chi connectivity index (χ0) is 22.4. The van der Waals surface area contributed by atoms with E-state index < -0.39 is 0 Å². The summed E-state index contributed by atoms with van der Waals surface area (Å²) in [5, 5.41) is 9.39. The topological polar surface area (TPSA) is 92.2 Å². The highest BCUT2D eigenvalue weighted by molar-refractivity contribution is 7.08. The Morgan fingerprint density at radius 1 is 1.18 bits per heavy atom. The molecule has 6 rings (SSSR count). The standard InChI is InChI=1S/C23H25N7O2S/c1-32-20-13-33-12-19(20)23(31)28-6-3-16(4-7-28)29-10-17(11-29)30-9-15(8-27-30)21-18-2-5-24-22(18)26-14-25-21/h2,5,8-9,12-14,16-17H,3-4,6-7,10-11H2,1H3,(H,24,25,26). The van der Waals surface area contributed by atoms with Gasteiger partial charge in [0.25, 0.3) is 5.91 Å². The van der Waals surface area contributed by atoms with Crippen molar-refractivity contribution in [3.05, 3.63) is 47.3 Å². The molecule has 6 heterocycles. The molecule has 10 heteroatoms. The molecule has 2 saturated heterocycles.